The number of ether oxygens (including phenoxy) is 1. The lowest BCUT2D eigenvalue weighted by atomic mass is 9.97. The van der Waals surface area contributed by atoms with E-state index in [1.807, 2.05) is 0 Å². The van der Waals surface area contributed by atoms with Crippen LogP contribution in [0.1, 0.15) is 42.5 Å². The molecule has 0 bridgehead atoms. The highest BCUT2D eigenvalue weighted by atomic mass is 19.1. The van der Waals surface area contributed by atoms with Crippen LogP contribution in [0.5, 0.6) is 0 Å². The number of carbonyl (C=O) groups excluding carboxylic acids is 2. The van der Waals surface area contributed by atoms with Crippen molar-refractivity contribution in [1.82, 2.24) is 10.6 Å². The quantitative estimate of drug-likeness (QED) is 0.682. The first-order chi connectivity index (χ1) is 12.6. The first kappa shape index (κ1) is 18.8. The molecule has 1 saturated heterocycles. The van der Waals surface area contributed by atoms with Gasteiger partial charge in [-0.15, -0.1) is 0 Å². The average Bonchev–Trinajstić information content (AvgIpc) is 3.48. The smallest absolute Gasteiger partial charge is 0.251 e. The van der Waals surface area contributed by atoms with Crippen molar-refractivity contribution in [1.29, 1.82) is 0 Å². The molecular weight excluding hydrogens is 339 g/mol. The topological polar surface area (TPSA) is 87.7 Å². The normalized spacial score (nSPS) is 25.5. The second-order valence-electron chi connectivity index (χ2n) is 7.00. The van der Waals surface area contributed by atoms with Crippen molar-refractivity contribution in [2.45, 2.75) is 50.4 Å². The molecule has 3 N–H and O–H groups in total. The minimum absolute atomic E-state index is 0.0575. The second-order valence-corrected chi connectivity index (χ2v) is 7.00. The number of amides is 2. The van der Waals surface area contributed by atoms with Crippen LogP contribution < -0.4 is 10.6 Å². The fourth-order valence-corrected chi connectivity index (χ4v) is 3.21. The fourth-order valence-electron chi connectivity index (χ4n) is 3.21. The van der Waals surface area contributed by atoms with E-state index < -0.39 is 6.10 Å². The van der Waals surface area contributed by atoms with Crippen molar-refractivity contribution in [2.24, 2.45) is 5.92 Å². The minimum atomic E-state index is -0.413. The number of hydrogen-bond donors (Lipinski definition) is 3. The Hall–Kier alpha value is -1.99. The minimum Gasteiger partial charge on any atom is -0.394 e. The lowest BCUT2D eigenvalue weighted by Gasteiger charge is -2.36. The van der Waals surface area contributed by atoms with Crippen LogP contribution in [0.15, 0.2) is 24.3 Å². The van der Waals surface area contributed by atoms with Crippen molar-refractivity contribution in [3.8, 4) is 0 Å². The Bertz CT molecular complexity index is 633. The summed E-state index contributed by atoms with van der Waals surface area (Å²) in [7, 11) is 0. The van der Waals surface area contributed by atoms with E-state index in [1.54, 1.807) is 0 Å². The van der Waals surface area contributed by atoms with Gasteiger partial charge < -0.3 is 20.5 Å². The molecule has 1 aromatic carbocycles. The zero-order valence-electron chi connectivity index (χ0n) is 14.6. The maximum atomic E-state index is 12.9. The van der Waals surface area contributed by atoms with Gasteiger partial charge in [0.05, 0.1) is 18.8 Å². The summed E-state index contributed by atoms with van der Waals surface area (Å²) in [4.78, 5) is 23.9. The predicted molar refractivity (Wildman–Crippen MR) is 93.0 cm³/mol. The SMILES string of the molecule is O=C(NCC[C@H]1CC[C@@H](NC(=O)C2CC2)[C@H](CO)O1)c1ccc(F)cc1. The first-order valence-corrected chi connectivity index (χ1v) is 9.17. The summed E-state index contributed by atoms with van der Waals surface area (Å²) in [6, 6.07) is 5.23. The third-order valence-electron chi connectivity index (χ3n) is 4.93. The number of carbonyl (C=O) groups is 2. The molecule has 1 aromatic rings. The molecule has 2 amide bonds. The molecule has 3 rings (SSSR count). The molecule has 1 aliphatic carbocycles. The highest BCUT2D eigenvalue weighted by Crippen LogP contribution is 2.30. The van der Waals surface area contributed by atoms with Crippen LogP contribution in [0.3, 0.4) is 0 Å². The van der Waals surface area contributed by atoms with Gasteiger partial charge in [-0.25, -0.2) is 4.39 Å². The van der Waals surface area contributed by atoms with E-state index in [-0.39, 0.29) is 42.3 Å². The van der Waals surface area contributed by atoms with Crippen LogP contribution in [0, 0.1) is 11.7 Å². The van der Waals surface area contributed by atoms with Gasteiger partial charge in [0.1, 0.15) is 11.9 Å². The monoisotopic (exact) mass is 364 g/mol. The van der Waals surface area contributed by atoms with Gasteiger partial charge in [-0.1, -0.05) is 0 Å². The third-order valence-corrected chi connectivity index (χ3v) is 4.93. The van der Waals surface area contributed by atoms with Gasteiger partial charge in [-0.05, 0) is 56.4 Å². The summed E-state index contributed by atoms with van der Waals surface area (Å²) in [5.74, 6) is -0.444. The summed E-state index contributed by atoms with van der Waals surface area (Å²) >= 11 is 0. The Morgan fingerprint density at radius 3 is 2.54 bits per heavy atom. The van der Waals surface area contributed by atoms with Crippen LogP contribution in [0.4, 0.5) is 4.39 Å². The third kappa shape index (κ3) is 5.02. The highest BCUT2D eigenvalue weighted by molar-refractivity contribution is 5.94. The van der Waals surface area contributed by atoms with E-state index in [9.17, 15) is 19.1 Å². The van der Waals surface area contributed by atoms with Crippen molar-refractivity contribution in [3.05, 3.63) is 35.6 Å². The maximum Gasteiger partial charge on any atom is 0.251 e. The Morgan fingerprint density at radius 1 is 1.15 bits per heavy atom. The number of halogens is 1. The van der Waals surface area contributed by atoms with Crippen LogP contribution in [0.2, 0.25) is 0 Å². The van der Waals surface area contributed by atoms with Crippen LogP contribution in [-0.4, -0.2) is 48.3 Å². The molecule has 1 aliphatic heterocycles. The molecule has 6 nitrogen and oxygen atoms in total. The first-order valence-electron chi connectivity index (χ1n) is 9.17. The molecule has 7 heteroatoms. The molecular formula is C19H25FN2O4. The Kier molecular flexibility index (Phi) is 6.21. The molecule has 0 radical (unpaired) electrons. The lowest BCUT2D eigenvalue weighted by Crippen LogP contribution is -2.51. The van der Waals surface area contributed by atoms with Gasteiger partial charge in [0, 0.05) is 18.0 Å². The van der Waals surface area contributed by atoms with E-state index in [1.165, 1.54) is 24.3 Å². The van der Waals surface area contributed by atoms with Gasteiger partial charge >= 0.3 is 0 Å². The Labute approximate surface area is 152 Å². The summed E-state index contributed by atoms with van der Waals surface area (Å²) in [6.45, 7) is 0.284. The number of rotatable bonds is 7. The molecule has 0 spiro atoms. The molecule has 142 valence electrons. The fraction of sp³-hybridized carbons (Fsp3) is 0.579. The summed E-state index contributed by atoms with van der Waals surface area (Å²) in [5, 5.41) is 15.3. The molecule has 26 heavy (non-hydrogen) atoms. The van der Waals surface area contributed by atoms with E-state index >= 15 is 0 Å². The zero-order valence-corrected chi connectivity index (χ0v) is 14.6. The van der Waals surface area contributed by atoms with E-state index in [2.05, 4.69) is 10.6 Å². The lowest BCUT2D eigenvalue weighted by molar-refractivity contribution is -0.129. The largest absolute Gasteiger partial charge is 0.394 e. The van der Waals surface area contributed by atoms with Crippen molar-refractivity contribution >= 4 is 11.8 Å². The molecule has 2 aliphatic rings. The van der Waals surface area contributed by atoms with E-state index in [4.69, 9.17) is 4.74 Å². The number of aliphatic hydroxyl groups excluding tert-OH is 1. The van der Waals surface area contributed by atoms with Crippen LogP contribution >= 0.6 is 0 Å². The van der Waals surface area contributed by atoms with Crippen molar-refractivity contribution in [2.75, 3.05) is 13.2 Å². The van der Waals surface area contributed by atoms with E-state index in [0.717, 1.165) is 25.7 Å². The number of aliphatic hydroxyl groups is 1. The summed E-state index contributed by atoms with van der Waals surface area (Å²) in [6.07, 6.45) is 3.53. The second kappa shape index (κ2) is 8.60. The van der Waals surface area contributed by atoms with Crippen LogP contribution in [-0.2, 0) is 9.53 Å². The van der Waals surface area contributed by atoms with Gasteiger partial charge in [-0.2, -0.15) is 0 Å². The predicted octanol–water partition coefficient (Wildman–Crippen LogP) is 1.38. The maximum absolute atomic E-state index is 12.9. The van der Waals surface area contributed by atoms with E-state index in [0.29, 0.717) is 18.5 Å². The van der Waals surface area contributed by atoms with Gasteiger partial charge in [0.15, 0.2) is 0 Å². The van der Waals surface area contributed by atoms with Gasteiger partial charge in [-0.3, -0.25) is 9.59 Å². The van der Waals surface area contributed by atoms with Crippen LogP contribution in [0.25, 0.3) is 0 Å². The Balaban J connectivity index is 1.41. The van der Waals surface area contributed by atoms with Crippen molar-refractivity contribution in [3.63, 3.8) is 0 Å². The molecule has 0 unspecified atom stereocenters. The zero-order chi connectivity index (χ0) is 18.5. The number of benzene rings is 1. The number of hydrogen-bond acceptors (Lipinski definition) is 4. The summed E-state index contributed by atoms with van der Waals surface area (Å²) < 4.78 is 18.8. The molecule has 1 saturated carbocycles. The van der Waals surface area contributed by atoms with Gasteiger partial charge in [0.2, 0.25) is 5.91 Å². The van der Waals surface area contributed by atoms with Gasteiger partial charge in [0.25, 0.3) is 5.91 Å². The average molecular weight is 364 g/mol. The Morgan fingerprint density at radius 2 is 1.88 bits per heavy atom. The standard InChI is InChI=1S/C19H25FN2O4/c20-14-5-3-12(4-6-14)18(24)21-10-9-15-7-8-16(17(11-23)26-15)22-19(25)13-1-2-13/h3-6,13,15-17,23H,1-2,7-11H2,(H,21,24)(H,22,25)/t15-,16-,17+/m1/s1. The molecule has 2 fully saturated rings. The number of nitrogens with one attached hydrogen (secondary N) is 2. The van der Waals surface area contributed by atoms with Crippen molar-refractivity contribution < 1.29 is 23.8 Å². The molecule has 0 aromatic heterocycles. The highest BCUT2D eigenvalue weighted by Gasteiger charge is 2.36. The molecule has 3 atom stereocenters. The summed E-state index contributed by atoms with van der Waals surface area (Å²) in [5.41, 5.74) is 0.409. The molecule has 1 heterocycles.